The first-order chi connectivity index (χ1) is 13.4. The van der Waals surface area contributed by atoms with Crippen molar-refractivity contribution >= 4 is 10.0 Å². The van der Waals surface area contributed by atoms with Gasteiger partial charge in [-0.3, -0.25) is 4.79 Å². The molecule has 1 saturated heterocycles. The quantitative estimate of drug-likeness (QED) is 0.857. The predicted octanol–water partition coefficient (Wildman–Crippen LogP) is 3.04. The first-order valence-corrected chi connectivity index (χ1v) is 11.5. The van der Waals surface area contributed by atoms with E-state index in [0.717, 1.165) is 60.8 Å². The van der Waals surface area contributed by atoms with Gasteiger partial charge in [0.1, 0.15) is 0 Å². The highest BCUT2D eigenvalue weighted by Crippen LogP contribution is 2.32. The number of rotatable bonds is 3. The molecule has 1 aliphatic carbocycles. The normalized spacial score (nSPS) is 20.7. The van der Waals surface area contributed by atoms with Gasteiger partial charge in [0.25, 0.3) is 5.56 Å². The molecule has 1 aliphatic heterocycles. The third-order valence-electron chi connectivity index (χ3n) is 6.00. The summed E-state index contributed by atoms with van der Waals surface area (Å²) >= 11 is 0. The number of H-pyrrole nitrogens is 1. The van der Waals surface area contributed by atoms with E-state index in [2.05, 4.69) is 17.1 Å². The van der Waals surface area contributed by atoms with Crippen LogP contribution in [0.5, 0.6) is 0 Å². The molecule has 1 atom stereocenters. The van der Waals surface area contributed by atoms with Gasteiger partial charge < -0.3 is 0 Å². The number of piperidine rings is 1. The molecule has 150 valence electrons. The zero-order chi connectivity index (χ0) is 19.9. The van der Waals surface area contributed by atoms with Crippen LogP contribution in [-0.4, -0.2) is 36.0 Å². The van der Waals surface area contributed by atoms with Crippen LogP contribution in [0, 0.1) is 12.8 Å². The Morgan fingerprint density at radius 2 is 1.89 bits per heavy atom. The molecular weight excluding hydrogens is 374 g/mol. The minimum Gasteiger partial charge on any atom is -0.268 e. The molecule has 1 aromatic carbocycles. The second-order valence-corrected chi connectivity index (χ2v) is 10.1. The molecule has 0 saturated carbocycles. The monoisotopic (exact) mass is 401 g/mol. The van der Waals surface area contributed by atoms with Crippen LogP contribution in [0.2, 0.25) is 0 Å². The van der Waals surface area contributed by atoms with Gasteiger partial charge in [-0.2, -0.15) is 9.40 Å². The van der Waals surface area contributed by atoms with Gasteiger partial charge in [-0.25, -0.2) is 13.5 Å². The van der Waals surface area contributed by atoms with E-state index in [4.69, 9.17) is 0 Å². The average molecular weight is 402 g/mol. The van der Waals surface area contributed by atoms with Crippen LogP contribution in [0.1, 0.15) is 49.3 Å². The largest absolute Gasteiger partial charge is 0.268 e. The van der Waals surface area contributed by atoms with Gasteiger partial charge >= 0.3 is 0 Å². The van der Waals surface area contributed by atoms with E-state index in [0.29, 0.717) is 29.6 Å². The maximum atomic E-state index is 13.3. The summed E-state index contributed by atoms with van der Waals surface area (Å²) in [5.74, 6) is 0.375. The molecule has 0 amide bonds. The lowest BCUT2D eigenvalue weighted by atomic mass is 9.90. The molecule has 0 bridgehead atoms. The fourth-order valence-electron chi connectivity index (χ4n) is 4.43. The third-order valence-corrected chi connectivity index (χ3v) is 8.00. The zero-order valence-corrected chi connectivity index (χ0v) is 17.3. The van der Waals surface area contributed by atoms with Crippen LogP contribution in [0.3, 0.4) is 0 Å². The zero-order valence-electron chi connectivity index (χ0n) is 16.5. The number of benzene rings is 1. The third kappa shape index (κ3) is 3.42. The minimum atomic E-state index is -3.55. The molecule has 0 spiro atoms. The SMILES string of the molecule is Cc1ccc(-c2n[nH]c(=O)c3c2CCCC3)cc1S(=O)(=O)N1CCC[C@H](C)C1. The van der Waals surface area contributed by atoms with Crippen molar-refractivity contribution in [2.45, 2.75) is 57.3 Å². The first-order valence-electron chi connectivity index (χ1n) is 10.1. The van der Waals surface area contributed by atoms with E-state index >= 15 is 0 Å². The highest BCUT2D eigenvalue weighted by atomic mass is 32.2. The summed E-state index contributed by atoms with van der Waals surface area (Å²) in [6.07, 6.45) is 5.55. The summed E-state index contributed by atoms with van der Waals surface area (Å²) in [5.41, 5.74) is 3.84. The molecule has 0 radical (unpaired) electrons. The van der Waals surface area contributed by atoms with Crippen LogP contribution in [-0.2, 0) is 22.9 Å². The number of hydrogen-bond acceptors (Lipinski definition) is 4. The van der Waals surface area contributed by atoms with Crippen molar-refractivity contribution in [1.29, 1.82) is 0 Å². The number of fused-ring (bicyclic) bond motifs is 1. The van der Waals surface area contributed by atoms with Crippen molar-refractivity contribution in [3.05, 3.63) is 45.2 Å². The van der Waals surface area contributed by atoms with E-state index in [1.54, 1.807) is 10.4 Å². The molecule has 2 heterocycles. The number of aromatic amines is 1. The smallest absolute Gasteiger partial charge is 0.267 e. The lowest BCUT2D eigenvalue weighted by Crippen LogP contribution is -2.39. The van der Waals surface area contributed by atoms with Crippen LogP contribution < -0.4 is 5.56 Å². The van der Waals surface area contributed by atoms with Gasteiger partial charge in [-0.15, -0.1) is 0 Å². The number of aromatic nitrogens is 2. The summed E-state index contributed by atoms with van der Waals surface area (Å²) in [6, 6.07) is 5.49. The predicted molar refractivity (Wildman–Crippen MR) is 109 cm³/mol. The topological polar surface area (TPSA) is 83.1 Å². The van der Waals surface area contributed by atoms with Gasteiger partial charge in [0.2, 0.25) is 10.0 Å². The van der Waals surface area contributed by atoms with Crippen LogP contribution in [0.25, 0.3) is 11.3 Å². The maximum Gasteiger partial charge on any atom is 0.267 e. The Hall–Kier alpha value is -1.99. The first kappa shape index (κ1) is 19.3. The Kier molecular flexibility index (Phi) is 5.14. The maximum absolute atomic E-state index is 13.3. The fraction of sp³-hybridized carbons (Fsp3) is 0.524. The van der Waals surface area contributed by atoms with E-state index in [-0.39, 0.29) is 5.56 Å². The summed E-state index contributed by atoms with van der Waals surface area (Å²) in [6.45, 7) is 5.07. The molecule has 1 fully saturated rings. The highest BCUT2D eigenvalue weighted by Gasteiger charge is 2.30. The summed E-state index contributed by atoms with van der Waals surface area (Å²) < 4.78 is 28.3. The molecule has 1 aromatic heterocycles. The summed E-state index contributed by atoms with van der Waals surface area (Å²) in [4.78, 5) is 12.5. The Morgan fingerprint density at radius 3 is 2.64 bits per heavy atom. The van der Waals surface area contributed by atoms with Gasteiger partial charge in [0.15, 0.2) is 0 Å². The van der Waals surface area contributed by atoms with Crippen molar-refractivity contribution in [2.75, 3.05) is 13.1 Å². The number of hydrogen-bond donors (Lipinski definition) is 1. The summed E-state index contributed by atoms with van der Waals surface area (Å²) in [7, 11) is -3.55. The van der Waals surface area contributed by atoms with Gasteiger partial charge in [-0.05, 0) is 68.6 Å². The Labute approximate surface area is 166 Å². The number of nitrogens with zero attached hydrogens (tertiary/aromatic N) is 2. The molecule has 7 heteroatoms. The number of sulfonamides is 1. The molecule has 4 rings (SSSR count). The second kappa shape index (κ2) is 7.44. The van der Waals surface area contributed by atoms with Crippen molar-refractivity contribution in [1.82, 2.24) is 14.5 Å². The lowest BCUT2D eigenvalue weighted by Gasteiger charge is -2.30. The number of nitrogens with one attached hydrogen (secondary N) is 1. The van der Waals surface area contributed by atoms with E-state index < -0.39 is 10.0 Å². The molecular formula is C21H27N3O3S. The fourth-order valence-corrected chi connectivity index (χ4v) is 6.28. The molecule has 28 heavy (non-hydrogen) atoms. The van der Waals surface area contributed by atoms with Crippen molar-refractivity contribution < 1.29 is 8.42 Å². The van der Waals surface area contributed by atoms with E-state index in [1.165, 1.54) is 0 Å². The van der Waals surface area contributed by atoms with Crippen molar-refractivity contribution in [3.63, 3.8) is 0 Å². The van der Waals surface area contributed by atoms with E-state index in [9.17, 15) is 13.2 Å². The van der Waals surface area contributed by atoms with E-state index in [1.807, 2.05) is 19.1 Å². The molecule has 2 aromatic rings. The molecule has 0 unspecified atom stereocenters. The molecule has 6 nitrogen and oxygen atoms in total. The van der Waals surface area contributed by atoms with Gasteiger partial charge in [0, 0.05) is 24.2 Å². The van der Waals surface area contributed by atoms with Gasteiger partial charge in [-0.1, -0.05) is 19.1 Å². The molecule has 1 N–H and O–H groups in total. The Bertz CT molecular complexity index is 1060. The van der Waals surface area contributed by atoms with Crippen LogP contribution >= 0.6 is 0 Å². The average Bonchev–Trinajstić information content (AvgIpc) is 2.69. The van der Waals surface area contributed by atoms with Gasteiger partial charge in [0.05, 0.1) is 10.6 Å². The standard InChI is InChI=1S/C21H27N3O3S/c1-14-6-5-11-24(13-14)28(26,27)19-12-16(10-9-15(19)2)20-17-7-3-4-8-18(17)21(25)23-22-20/h9-10,12,14H,3-8,11,13H2,1-2H3,(H,23,25)/t14-/m0/s1. The van der Waals surface area contributed by atoms with Crippen LogP contribution in [0.4, 0.5) is 0 Å². The second-order valence-electron chi connectivity index (χ2n) is 8.16. The van der Waals surface area contributed by atoms with Crippen molar-refractivity contribution in [3.8, 4) is 11.3 Å². The lowest BCUT2D eigenvalue weighted by molar-refractivity contribution is 0.281. The minimum absolute atomic E-state index is 0.124. The Balaban J connectivity index is 1.80. The molecule has 2 aliphatic rings. The number of aryl methyl sites for hydroxylation is 1. The van der Waals surface area contributed by atoms with Crippen molar-refractivity contribution in [2.24, 2.45) is 5.92 Å². The highest BCUT2D eigenvalue weighted by molar-refractivity contribution is 7.89. The Morgan fingerprint density at radius 1 is 1.14 bits per heavy atom. The van der Waals surface area contributed by atoms with Crippen LogP contribution in [0.15, 0.2) is 27.9 Å². The summed E-state index contributed by atoms with van der Waals surface area (Å²) in [5, 5.41) is 6.90.